The van der Waals surface area contributed by atoms with Crippen molar-refractivity contribution in [1.82, 2.24) is 9.78 Å². The predicted molar refractivity (Wildman–Crippen MR) is 77.4 cm³/mol. The van der Waals surface area contributed by atoms with Crippen LogP contribution in [0, 0.1) is 0 Å². The molecule has 0 bridgehead atoms. The summed E-state index contributed by atoms with van der Waals surface area (Å²) >= 11 is 0. The molecular formula is C15H21N3O. The standard InChI is InChI=1S/C15H21N3O/c1-4-14(13-7-5-6-8-15(13)19)17-12-9-16-18(10-12)11(2)3/h5-11,14,17,19H,4H2,1-3H3. The van der Waals surface area contributed by atoms with Gasteiger partial charge in [-0.25, -0.2) is 0 Å². The summed E-state index contributed by atoms with van der Waals surface area (Å²) < 4.78 is 1.92. The van der Waals surface area contributed by atoms with Crippen LogP contribution in [0.3, 0.4) is 0 Å². The maximum Gasteiger partial charge on any atom is 0.120 e. The third-order valence-corrected chi connectivity index (χ3v) is 3.19. The average molecular weight is 259 g/mol. The molecule has 2 N–H and O–H groups in total. The number of phenols is 1. The third kappa shape index (κ3) is 3.08. The van der Waals surface area contributed by atoms with E-state index in [0.29, 0.717) is 11.8 Å². The molecule has 4 heteroatoms. The molecule has 1 atom stereocenters. The van der Waals surface area contributed by atoms with E-state index in [2.05, 4.69) is 31.2 Å². The smallest absolute Gasteiger partial charge is 0.120 e. The van der Waals surface area contributed by atoms with Gasteiger partial charge in [0.1, 0.15) is 5.75 Å². The van der Waals surface area contributed by atoms with Gasteiger partial charge in [0.15, 0.2) is 0 Å². The fourth-order valence-corrected chi connectivity index (χ4v) is 2.08. The van der Waals surface area contributed by atoms with Crippen molar-refractivity contribution in [3.63, 3.8) is 0 Å². The number of nitrogens with zero attached hydrogens (tertiary/aromatic N) is 2. The van der Waals surface area contributed by atoms with Crippen LogP contribution in [-0.2, 0) is 0 Å². The van der Waals surface area contributed by atoms with Gasteiger partial charge in [0, 0.05) is 17.8 Å². The highest BCUT2D eigenvalue weighted by Gasteiger charge is 2.13. The van der Waals surface area contributed by atoms with Crippen LogP contribution in [0.1, 0.15) is 44.8 Å². The summed E-state index contributed by atoms with van der Waals surface area (Å²) in [6, 6.07) is 7.88. The number of phenolic OH excluding ortho intramolecular Hbond substituents is 1. The van der Waals surface area contributed by atoms with Crippen LogP contribution in [0.5, 0.6) is 5.75 Å². The Bertz CT molecular complexity index is 534. The second-order valence-corrected chi connectivity index (χ2v) is 4.97. The lowest BCUT2D eigenvalue weighted by atomic mass is 10.0. The Morgan fingerprint density at radius 2 is 2.05 bits per heavy atom. The van der Waals surface area contributed by atoms with Crippen LogP contribution in [-0.4, -0.2) is 14.9 Å². The minimum Gasteiger partial charge on any atom is -0.508 e. The van der Waals surface area contributed by atoms with Crippen molar-refractivity contribution >= 4 is 5.69 Å². The van der Waals surface area contributed by atoms with Crippen LogP contribution in [0.2, 0.25) is 0 Å². The summed E-state index contributed by atoms with van der Waals surface area (Å²) in [6.45, 7) is 6.28. The van der Waals surface area contributed by atoms with Gasteiger partial charge in [-0.3, -0.25) is 4.68 Å². The first-order valence-electron chi connectivity index (χ1n) is 6.70. The molecule has 19 heavy (non-hydrogen) atoms. The van der Waals surface area contributed by atoms with Gasteiger partial charge in [0.2, 0.25) is 0 Å². The number of anilines is 1. The molecule has 1 unspecified atom stereocenters. The molecule has 2 aromatic rings. The molecular weight excluding hydrogens is 238 g/mol. The Morgan fingerprint density at radius 3 is 2.63 bits per heavy atom. The summed E-state index contributed by atoms with van der Waals surface area (Å²) in [7, 11) is 0. The van der Waals surface area contributed by atoms with Crippen LogP contribution >= 0.6 is 0 Å². The Morgan fingerprint density at radius 1 is 1.32 bits per heavy atom. The van der Waals surface area contributed by atoms with Crippen molar-refractivity contribution in [3.05, 3.63) is 42.2 Å². The lowest BCUT2D eigenvalue weighted by molar-refractivity contribution is 0.462. The zero-order chi connectivity index (χ0) is 13.8. The maximum absolute atomic E-state index is 9.92. The van der Waals surface area contributed by atoms with E-state index in [4.69, 9.17) is 0 Å². The second kappa shape index (κ2) is 5.78. The molecule has 1 heterocycles. The zero-order valence-electron chi connectivity index (χ0n) is 11.7. The summed E-state index contributed by atoms with van der Waals surface area (Å²) in [6.07, 6.45) is 4.71. The summed E-state index contributed by atoms with van der Waals surface area (Å²) in [5.74, 6) is 0.332. The molecule has 0 radical (unpaired) electrons. The predicted octanol–water partition coefficient (Wildman–Crippen LogP) is 3.73. The van der Waals surface area contributed by atoms with E-state index in [1.165, 1.54) is 0 Å². The van der Waals surface area contributed by atoms with E-state index in [1.54, 1.807) is 6.07 Å². The number of nitrogens with one attached hydrogen (secondary N) is 1. The minimum absolute atomic E-state index is 0.0889. The fourth-order valence-electron chi connectivity index (χ4n) is 2.08. The van der Waals surface area contributed by atoms with Gasteiger partial charge >= 0.3 is 0 Å². The van der Waals surface area contributed by atoms with Gasteiger partial charge < -0.3 is 10.4 Å². The normalized spacial score (nSPS) is 12.6. The SMILES string of the molecule is CCC(Nc1cnn(C(C)C)c1)c1ccccc1O. The Labute approximate surface area is 114 Å². The van der Waals surface area contributed by atoms with Crippen molar-refractivity contribution in [2.45, 2.75) is 39.3 Å². The molecule has 0 aliphatic heterocycles. The van der Waals surface area contributed by atoms with Gasteiger partial charge in [0.05, 0.1) is 17.9 Å². The molecule has 0 saturated heterocycles. The number of para-hydroxylation sites is 1. The molecule has 0 saturated carbocycles. The van der Waals surface area contributed by atoms with Crippen LogP contribution in [0.15, 0.2) is 36.7 Å². The molecule has 1 aromatic heterocycles. The van der Waals surface area contributed by atoms with Crippen molar-refractivity contribution in [2.24, 2.45) is 0 Å². The van der Waals surface area contributed by atoms with Gasteiger partial charge in [0.25, 0.3) is 0 Å². The van der Waals surface area contributed by atoms with Crippen molar-refractivity contribution in [3.8, 4) is 5.75 Å². The lowest BCUT2D eigenvalue weighted by Crippen LogP contribution is -2.09. The highest BCUT2D eigenvalue weighted by Crippen LogP contribution is 2.29. The van der Waals surface area contributed by atoms with Crippen molar-refractivity contribution in [1.29, 1.82) is 0 Å². The Balaban J connectivity index is 2.17. The van der Waals surface area contributed by atoms with E-state index >= 15 is 0 Å². The second-order valence-electron chi connectivity index (χ2n) is 4.97. The first-order chi connectivity index (χ1) is 9.11. The fraction of sp³-hybridized carbons (Fsp3) is 0.400. The van der Waals surface area contributed by atoms with Gasteiger partial charge in [-0.2, -0.15) is 5.10 Å². The molecule has 0 aliphatic carbocycles. The van der Waals surface area contributed by atoms with Gasteiger partial charge in [-0.05, 0) is 26.3 Å². The number of hydrogen-bond acceptors (Lipinski definition) is 3. The Kier molecular flexibility index (Phi) is 4.10. The number of hydrogen-bond donors (Lipinski definition) is 2. The number of aromatic hydroxyl groups is 1. The quantitative estimate of drug-likeness (QED) is 0.860. The van der Waals surface area contributed by atoms with Crippen molar-refractivity contribution < 1.29 is 5.11 Å². The van der Waals surface area contributed by atoms with E-state index in [-0.39, 0.29) is 6.04 Å². The third-order valence-electron chi connectivity index (χ3n) is 3.19. The molecule has 1 aromatic carbocycles. The molecule has 0 aliphatic rings. The minimum atomic E-state index is 0.0889. The summed E-state index contributed by atoms with van der Waals surface area (Å²) in [5.41, 5.74) is 1.89. The first kappa shape index (κ1) is 13.5. The molecule has 0 spiro atoms. The lowest BCUT2D eigenvalue weighted by Gasteiger charge is -2.18. The highest BCUT2D eigenvalue weighted by atomic mass is 16.3. The highest BCUT2D eigenvalue weighted by molar-refractivity contribution is 5.45. The van der Waals surface area contributed by atoms with Crippen LogP contribution in [0.4, 0.5) is 5.69 Å². The van der Waals surface area contributed by atoms with E-state index < -0.39 is 0 Å². The van der Waals surface area contributed by atoms with E-state index in [9.17, 15) is 5.11 Å². The molecule has 2 rings (SSSR count). The van der Waals surface area contributed by atoms with Gasteiger partial charge in [-0.1, -0.05) is 25.1 Å². The average Bonchev–Trinajstić information content (AvgIpc) is 2.86. The summed E-state index contributed by atoms with van der Waals surface area (Å²) in [5, 5.41) is 17.7. The number of benzene rings is 1. The van der Waals surface area contributed by atoms with E-state index in [1.807, 2.05) is 35.3 Å². The van der Waals surface area contributed by atoms with E-state index in [0.717, 1.165) is 17.7 Å². The monoisotopic (exact) mass is 259 g/mol. The molecule has 4 nitrogen and oxygen atoms in total. The number of rotatable bonds is 5. The van der Waals surface area contributed by atoms with Crippen LogP contribution in [0.25, 0.3) is 0 Å². The first-order valence-corrected chi connectivity index (χ1v) is 6.70. The topological polar surface area (TPSA) is 50.1 Å². The molecule has 0 fully saturated rings. The summed E-state index contributed by atoms with van der Waals surface area (Å²) in [4.78, 5) is 0. The Hall–Kier alpha value is -1.97. The molecule has 0 amide bonds. The van der Waals surface area contributed by atoms with Crippen LogP contribution < -0.4 is 5.32 Å². The largest absolute Gasteiger partial charge is 0.508 e. The van der Waals surface area contributed by atoms with Crippen molar-refractivity contribution in [2.75, 3.05) is 5.32 Å². The maximum atomic E-state index is 9.92. The number of aromatic nitrogens is 2. The zero-order valence-corrected chi connectivity index (χ0v) is 11.7. The molecule has 102 valence electrons. The van der Waals surface area contributed by atoms with Gasteiger partial charge in [-0.15, -0.1) is 0 Å².